The first-order valence-corrected chi connectivity index (χ1v) is 38.9. The van der Waals surface area contributed by atoms with E-state index in [0.29, 0.717) is 19.4 Å². The second-order valence-corrected chi connectivity index (χ2v) is 27.1. The summed E-state index contributed by atoms with van der Waals surface area (Å²) in [6.07, 6.45) is 80.2. The number of amides is 1. The van der Waals surface area contributed by atoms with Gasteiger partial charge in [-0.2, -0.15) is 0 Å². The number of aliphatic hydroxyl groups is 5. The van der Waals surface area contributed by atoms with Crippen LogP contribution in [0.15, 0.2) is 48.6 Å². The number of carbonyl (C=O) groups excluding carboxylic acids is 2. The molecule has 1 fully saturated rings. The molecular weight excluding hydrogens is 1120 g/mol. The van der Waals surface area contributed by atoms with Gasteiger partial charge in [0.05, 0.1) is 32.0 Å². The fourth-order valence-electron chi connectivity index (χ4n) is 12.3. The SMILES string of the molecule is CCCCCCC/C=C\CCCCCCCC(=O)OCCCCCCCCCCCCCCCCC/C=C\C/C=C\CCCCCCCCCCCCCCCCCCCC(=O)NC(COC1OC(CO)C(O)C(O)C1O)C(O)/C=C/CCCCCCCCC. The number of rotatable bonds is 69. The van der Waals surface area contributed by atoms with Gasteiger partial charge in [0.2, 0.25) is 5.91 Å². The summed E-state index contributed by atoms with van der Waals surface area (Å²) in [6.45, 7) is 4.34. The van der Waals surface area contributed by atoms with Gasteiger partial charge < -0.3 is 45.1 Å². The first-order chi connectivity index (χ1) is 44.2. The van der Waals surface area contributed by atoms with E-state index in [1.54, 1.807) is 6.08 Å². The molecule has 11 nitrogen and oxygen atoms in total. The van der Waals surface area contributed by atoms with Crippen LogP contribution in [-0.4, -0.2) is 100 Å². The molecule has 0 aliphatic carbocycles. The third-order valence-corrected chi connectivity index (χ3v) is 18.4. The van der Waals surface area contributed by atoms with E-state index in [9.17, 15) is 35.1 Å². The van der Waals surface area contributed by atoms with E-state index >= 15 is 0 Å². The highest BCUT2D eigenvalue weighted by Crippen LogP contribution is 2.24. The van der Waals surface area contributed by atoms with Gasteiger partial charge in [0.25, 0.3) is 0 Å². The summed E-state index contributed by atoms with van der Waals surface area (Å²) in [6, 6.07) is -0.806. The standard InChI is InChI=1S/C79H147NO10/c1-3-5-7-9-11-13-14-15-44-47-51-55-59-63-67-75(84)88-68-64-60-56-52-48-45-42-40-38-36-34-32-30-28-26-24-22-20-18-16-17-19-21-23-25-27-29-31-33-35-37-39-41-43-46-50-54-58-62-66-74(83)80-71(72(82)65-61-57-53-49-12-10-8-6-4-2)70-89-79-78(87)77(86)76(85)73(69-81)90-79/h14-17,20,22,61,65,71-73,76-79,81-82,85-87H,3-13,18-19,21,23-60,62-64,66-70H2,1-2H3,(H,80,83)/b15-14-,17-16-,22-20-,65-61+. The molecule has 1 heterocycles. The smallest absolute Gasteiger partial charge is 0.305 e. The highest BCUT2D eigenvalue weighted by Gasteiger charge is 2.44. The Labute approximate surface area is 555 Å². The molecule has 1 amide bonds. The fourth-order valence-corrected chi connectivity index (χ4v) is 12.3. The van der Waals surface area contributed by atoms with Crippen LogP contribution in [0.1, 0.15) is 380 Å². The minimum absolute atomic E-state index is 0.00623. The minimum Gasteiger partial charge on any atom is -0.466 e. The van der Waals surface area contributed by atoms with E-state index in [0.717, 1.165) is 64.2 Å². The van der Waals surface area contributed by atoms with Crippen LogP contribution in [0.4, 0.5) is 0 Å². The van der Waals surface area contributed by atoms with E-state index in [1.807, 2.05) is 6.08 Å². The molecule has 0 aromatic heterocycles. The summed E-state index contributed by atoms with van der Waals surface area (Å²) in [7, 11) is 0. The number of unbranched alkanes of at least 4 members (excludes halogenated alkanes) is 49. The van der Waals surface area contributed by atoms with E-state index < -0.39 is 49.5 Å². The number of aliphatic hydroxyl groups excluding tert-OH is 5. The van der Waals surface area contributed by atoms with Crippen molar-refractivity contribution >= 4 is 11.9 Å². The molecule has 0 radical (unpaired) electrons. The molecule has 6 N–H and O–H groups in total. The summed E-state index contributed by atoms with van der Waals surface area (Å²) >= 11 is 0. The number of hydrogen-bond acceptors (Lipinski definition) is 10. The van der Waals surface area contributed by atoms with Crippen molar-refractivity contribution in [3.63, 3.8) is 0 Å². The quantitative estimate of drug-likeness (QED) is 0.0195. The Morgan fingerprint density at radius 2 is 0.744 bits per heavy atom. The average molecular weight is 1270 g/mol. The van der Waals surface area contributed by atoms with Gasteiger partial charge in [-0.1, -0.05) is 326 Å². The molecule has 1 aliphatic heterocycles. The van der Waals surface area contributed by atoms with Gasteiger partial charge in [-0.05, 0) is 89.9 Å². The summed E-state index contributed by atoms with van der Waals surface area (Å²) < 4.78 is 16.7. The number of allylic oxidation sites excluding steroid dienone is 7. The Kier molecular flexibility index (Phi) is 64.7. The molecule has 0 saturated carbocycles. The van der Waals surface area contributed by atoms with Crippen LogP contribution in [0, 0.1) is 0 Å². The molecule has 1 rings (SSSR count). The summed E-state index contributed by atoms with van der Waals surface area (Å²) in [4.78, 5) is 25.1. The minimum atomic E-state index is -1.57. The number of hydrogen-bond donors (Lipinski definition) is 6. The molecule has 7 unspecified atom stereocenters. The lowest BCUT2D eigenvalue weighted by Gasteiger charge is -2.40. The van der Waals surface area contributed by atoms with Gasteiger partial charge in [-0.3, -0.25) is 9.59 Å². The van der Waals surface area contributed by atoms with Crippen molar-refractivity contribution in [3.05, 3.63) is 48.6 Å². The van der Waals surface area contributed by atoms with Crippen LogP contribution in [-0.2, 0) is 23.8 Å². The van der Waals surface area contributed by atoms with Gasteiger partial charge >= 0.3 is 5.97 Å². The number of nitrogens with one attached hydrogen (secondary N) is 1. The molecular formula is C79H147NO10. The third kappa shape index (κ3) is 56.0. The Hall–Kier alpha value is -2.38. The number of esters is 1. The van der Waals surface area contributed by atoms with E-state index in [1.165, 1.54) is 289 Å². The molecule has 1 saturated heterocycles. The van der Waals surface area contributed by atoms with E-state index in [4.69, 9.17) is 14.2 Å². The van der Waals surface area contributed by atoms with Crippen molar-refractivity contribution in [2.45, 2.75) is 423 Å². The number of ether oxygens (including phenoxy) is 3. The lowest BCUT2D eigenvalue weighted by atomic mass is 9.99. The summed E-state index contributed by atoms with van der Waals surface area (Å²) in [5.74, 6) is -0.173. The van der Waals surface area contributed by atoms with Crippen molar-refractivity contribution in [3.8, 4) is 0 Å². The van der Waals surface area contributed by atoms with Crippen LogP contribution in [0.5, 0.6) is 0 Å². The fraction of sp³-hybridized carbons (Fsp3) is 0.873. The van der Waals surface area contributed by atoms with Gasteiger partial charge in [-0.15, -0.1) is 0 Å². The summed E-state index contributed by atoms with van der Waals surface area (Å²) in [5, 5.41) is 54.3. The van der Waals surface area contributed by atoms with Gasteiger partial charge in [-0.25, -0.2) is 0 Å². The monoisotopic (exact) mass is 1270 g/mol. The third-order valence-electron chi connectivity index (χ3n) is 18.4. The lowest BCUT2D eigenvalue weighted by Crippen LogP contribution is -2.60. The van der Waals surface area contributed by atoms with E-state index in [-0.39, 0.29) is 18.5 Å². The van der Waals surface area contributed by atoms with Gasteiger partial charge in [0.1, 0.15) is 24.4 Å². The highest BCUT2D eigenvalue weighted by atomic mass is 16.7. The zero-order chi connectivity index (χ0) is 65.1. The van der Waals surface area contributed by atoms with Gasteiger partial charge in [0.15, 0.2) is 6.29 Å². The predicted octanol–water partition coefficient (Wildman–Crippen LogP) is 20.7. The average Bonchev–Trinajstić information content (AvgIpc) is 1.59. The molecule has 11 heteroatoms. The van der Waals surface area contributed by atoms with Crippen LogP contribution in [0.2, 0.25) is 0 Å². The zero-order valence-electron chi connectivity index (χ0n) is 58.9. The Morgan fingerprint density at radius 3 is 1.13 bits per heavy atom. The molecule has 0 aromatic rings. The second kappa shape index (κ2) is 68.0. The number of carbonyl (C=O) groups is 2. The Bertz CT molecular complexity index is 1630. The van der Waals surface area contributed by atoms with Crippen LogP contribution < -0.4 is 5.32 Å². The van der Waals surface area contributed by atoms with Crippen LogP contribution in [0.3, 0.4) is 0 Å². The topological polar surface area (TPSA) is 175 Å². The maximum absolute atomic E-state index is 13.0. The second-order valence-electron chi connectivity index (χ2n) is 27.1. The van der Waals surface area contributed by atoms with Crippen molar-refractivity contribution in [1.82, 2.24) is 5.32 Å². The lowest BCUT2D eigenvalue weighted by molar-refractivity contribution is -0.302. The molecule has 0 aromatic carbocycles. The van der Waals surface area contributed by atoms with Gasteiger partial charge in [0, 0.05) is 12.8 Å². The van der Waals surface area contributed by atoms with Crippen molar-refractivity contribution in [2.75, 3.05) is 19.8 Å². The maximum Gasteiger partial charge on any atom is 0.305 e. The molecule has 528 valence electrons. The summed E-state index contributed by atoms with van der Waals surface area (Å²) in [5.41, 5.74) is 0. The largest absolute Gasteiger partial charge is 0.466 e. The van der Waals surface area contributed by atoms with Crippen molar-refractivity contribution in [2.24, 2.45) is 0 Å². The normalized spacial score (nSPS) is 17.9. The van der Waals surface area contributed by atoms with Crippen LogP contribution in [0.25, 0.3) is 0 Å². The van der Waals surface area contributed by atoms with Crippen LogP contribution >= 0.6 is 0 Å². The Morgan fingerprint density at radius 1 is 0.411 bits per heavy atom. The van der Waals surface area contributed by atoms with Crippen molar-refractivity contribution in [1.29, 1.82) is 0 Å². The zero-order valence-corrected chi connectivity index (χ0v) is 58.9. The van der Waals surface area contributed by atoms with E-state index in [2.05, 4.69) is 55.6 Å². The molecule has 0 bridgehead atoms. The maximum atomic E-state index is 13.0. The van der Waals surface area contributed by atoms with Crippen molar-refractivity contribution < 1.29 is 49.3 Å². The first-order valence-electron chi connectivity index (χ1n) is 38.9. The predicted molar refractivity (Wildman–Crippen MR) is 380 cm³/mol. The Balaban J connectivity index is 1.87. The molecule has 7 atom stereocenters. The highest BCUT2D eigenvalue weighted by molar-refractivity contribution is 5.76. The molecule has 0 spiro atoms. The molecule has 90 heavy (non-hydrogen) atoms. The first kappa shape index (κ1) is 85.6. The molecule has 1 aliphatic rings.